The molecule has 0 N–H and O–H groups in total. The standard InChI is InChI=1S/C5H9FO2/c6-1-2-7-3-5-4-8-5/h5H,1-4H2/t5-/m1/s1. The summed E-state index contributed by atoms with van der Waals surface area (Å²) >= 11 is 0. The SMILES string of the molecule is FCCOC[C@@H]1CO1. The molecule has 2 nitrogen and oxygen atoms in total. The average Bonchev–Trinajstić information content (AvgIpc) is 2.51. The van der Waals surface area contributed by atoms with Gasteiger partial charge in [-0.25, -0.2) is 4.39 Å². The number of hydrogen-bond donors (Lipinski definition) is 0. The first-order valence-corrected chi connectivity index (χ1v) is 2.69. The lowest BCUT2D eigenvalue weighted by Crippen LogP contribution is -2.03. The van der Waals surface area contributed by atoms with Crippen LogP contribution in [0.25, 0.3) is 0 Å². The summed E-state index contributed by atoms with van der Waals surface area (Å²) in [6.07, 6.45) is 0.265. The lowest BCUT2D eigenvalue weighted by atomic mass is 10.5. The van der Waals surface area contributed by atoms with Crippen molar-refractivity contribution >= 4 is 0 Å². The Bertz CT molecular complexity index is 63.4. The summed E-state index contributed by atoms with van der Waals surface area (Å²) in [5.74, 6) is 0. The molecule has 1 aliphatic rings. The Hall–Kier alpha value is -0.150. The van der Waals surface area contributed by atoms with Gasteiger partial charge in [-0.15, -0.1) is 0 Å². The highest BCUT2D eigenvalue weighted by atomic mass is 19.1. The van der Waals surface area contributed by atoms with E-state index in [2.05, 4.69) is 0 Å². The largest absolute Gasteiger partial charge is 0.376 e. The summed E-state index contributed by atoms with van der Waals surface area (Å²) in [6, 6.07) is 0. The molecule has 0 aliphatic carbocycles. The third-order valence-electron chi connectivity index (χ3n) is 0.928. The van der Waals surface area contributed by atoms with Crippen LogP contribution in [-0.4, -0.2) is 32.6 Å². The Labute approximate surface area is 47.6 Å². The van der Waals surface area contributed by atoms with E-state index in [0.29, 0.717) is 6.61 Å². The molecule has 0 aromatic rings. The van der Waals surface area contributed by atoms with Gasteiger partial charge >= 0.3 is 0 Å². The molecular formula is C5H9FO2. The van der Waals surface area contributed by atoms with Crippen LogP contribution >= 0.6 is 0 Å². The molecule has 0 unspecified atom stereocenters. The Morgan fingerprint density at radius 3 is 3.00 bits per heavy atom. The summed E-state index contributed by atoms with van der Waals surface area (Å²) in [5.41, 5.74) is 0. The molecule has 0 amide bonds. The average molecular weight is 120 g/mol. The van der Waals surface area contributed by atoms with E-state index in [1.54, 1.807) is 0 Å². The smallest absolute Gasteiger partial charge is 0.113 e. The maximum Gasteiger partial charge on any atom is 0.113 e. The second-order valence-corrected chi connectivity index (χ2v) is 1.72. The van der Waals surface area contributed by atoms with Gasteiger partial charge in [0.15, 0.2) is 0 Å². The second kappa shape index (κ2) is 2.99. The van der Waals surface area contributed by atoms with Crippen LogP contribution in [-0.2, 0) is 9.47 Å². The zero-order chi connectivity index (χ0) is 5.82. The highest BCUT2D eigenvalue weighted by molar-refractivity contribution is 4.66. The van der Waals surface area contributed by atoms with Gasteiger partial charge in [-0.05, 0) is 0 Å². The Kier molecular flexibility index (Phi) is 2.24. The van der Waals surface area contributed by atoms with Gasteiger partial charge in [0.1, 0.15) is 12.8 Å². The number of ether oxygens (including phenoxy) is 2. The molecule has 1 heterocycles. The quantitative estimate of drug-likeness (QED) is 0.395. The van der Waals surface area contributed by atoms with Crippen molar-refractivity contribution in [3.8, 4) is 0 Å². The minimum Gasteiger partial charge on any atom is -0.376 e. The third kappa shape index (κ3) is 2.23. The Morgan fingerprint density at radius 1 is 1.75 bits per heavy atom. The van der Waals surface area contributed by atoms with E-state index in [9.17, 15) is 4.39 Å². The first-order chi connectivity index (χ1) is 3.93. The van der Waals surface area contributed by atoms with Crippen molar-refractivity contribution in [2.45, 2.75) is 6.10 Å². The van der Waals surface area contributed by atoms with Gasteiger partial charge in [-0.3, -0.25) is 0 Å². The minimum absolute atomic E-state index is 0.208. The van der Waals surface area contributed by atoms with Gasteiger partial charge in [0, 0.05) is 0 Å². The number of hydrogen-bond acceptors (Lipinski definition) is 2. The first kappa shape index (κ1) is 5.98. The van der Waals surface area contributed by atoms with E-state index in [1.165, 1.54) is 0 Å². The topological polar surface area (TPSA) is 21.8 Å². The maximum absolute atomic E-state index is 11.3. The van der Waals surface area contributed by atoms with Crippen LogP contribution in [0.5, 0.6) is 0 Å². The highest BCUT2D eigenvalue weighted by Gasteiger charge is 2.21. The van der Waals surface area contributed by atoms with E-state index in [1.807, 2.05) is 0 Å². The van der Waals surface area contributed by atoms with E-state index in [-0.39, 0.29) is 12.7 Å². The zero-order valence-electron chi connectivity index (χ0n) is 4.60. The molecule has 1 fully saturated rings. The van der Waals surface area contributed by atoms with E-state index < -0.39 is 6.67 Å². The molecule has 0 saturated carbocycles. The molecule has 0 aromatic heterocycles. The van der Waals surface area contributed by atoms with Crippen LogP contribution in [0.4, 0.5) is 4.39 Å². The van der Waals surface area contributed by atoms with Crippen molar-refractivity contribution in [1.29, 1.82) is 0 Å². The Morgan fingerprint density at radius 2 is 2.50 bits per heavy atom. The molecular weight excluding hydrogens is 111 g/mol. The van der Waals surface area contributed by atoms with E-state index in [4.69, 9.17) is 9.47 Å². The van der Waals surface area contributed by atoms with Crippen LogP contribution in [0.3, 0.4) is 0 Å². The molecule has 8 heavy (non-hydrogen) atoms. The lowest BCUT2D eigenvalue weighted by Gasteiger charge is -1.93. The normalized spacial score (nSPS) is 25.9. The summed E-state index contributed by atoms with van der Waals surface area (Å²) < 4.78 is 20.9. The summed E-state index contributed by atoms with van der Waals surface area (Å²) in [7, 11) is 0. The fourth-order valence-electron chi connectivity index (χ4n) is 0.434. The fourth-order valence-corrected chi connectivity index (χ4v) is 0.434. The monoisotopic (exact) mass is 120 g/mol. The van der Waals surface area contributed by atoms with Gasteiger partial charge in [-0.1, -0.05) is 0 Å². The molecule has 1 aliphatic heterocycles. The predicted octanol–water partition coefficient (Wildman–Crippen LogP) is 0.371. The summed E-state index contributed by atoms with van der Waals surface area (Å²) in [5, 5.41) is 0. The van der Waals surface area contributed by atoms with Gasteiger partial charge in [-0.2, -0.15) is 0 Å². The van der Waals surface area contributed by atoms with Crippen LogP contribution in [0.1, 0.15) is 0 Å². The maximum atomic E-state index is 11.3. The van der Waals surface area contributed by atoms with Crippen molar-refractivity contribution in [2.24, 2.45) is 0 Å². The minimum atomic E-state index is -0.396. The zero-order valence-corrected chi connectivity index (χ0v) is 4.60. The van der Waals surface area contributed by atoms with E-state index >= 15 is 0 Å². The first-order valence-electron chi connectivity index (χ1n) is 2.69. The molecule has 1 rings (SSSR count). The predicted molar refractivity (Wildman–Crippen MR) is 26.5 cm³/mol. The van der Waals surface area contributed by atoms with Crippen molar-refractivity contribution in [1.82, 2.24) is 0 Å². The van der Waals surface area contributed by atoms with E-state index in [0.717, 1.165) is 6.61 Å². The van der Waals surface area contributed by atoms with Gasteiger partial charge in [0.2, 0.25) is 0 Å². The van der Waals surface area contributed by atoms with Gasteiger partial charge in [0.25, 0.3) is 0 Å². The molecule has 0 spiro atoms. The summed E-state index contributed by atoms with van der Waals surface area (Å²) in [4.78, 5) is 0. The van der Waals surface area contributed by atoms with Crippen molar-refractivity contribution < 1.29 is 13.9 Å². The van der Waals surface area contributed by atoms with Gasteiger partial charge in [0.05, 0.1) is 19.8 Å². The molecule has 0 radical (unpaired) electrons. The second-order valence-electron chi connectivity index (χ2n) is 1.72. The van der Waals surface area contributed by atoms with Crippen LogP contribution < -0.4 is 0 Å². The van der Waals surface area contributed by atoms with Crippen molar-refractivity contribution in [3.63, 3.8) is 0 Å². The van der Waals surface area contributed by atoms with Crippen molar-refractivity contribution in [2.75, 3.05) is 26.5 Å². The molecule has 0 aromatic carbocycles. The Balaban J connectivity index is 1.74. The highest BCUT2D eigenvalue weighted by Crippen LogP contribution is 2.07. The van der Waals surface area contributed by atoms with Gasteiger partial charge < -0.3 is 9.47 Å². The van der Waals surface area contributed by atoms with Crippen LogP contribution in [0, 0.1) is 0 Å². The molecule has 3 heteroatoms. The number of halogens is 1. The third-order valence-corrected chi connectivity index (χ3v) is 0.928. The van der Waals surface area contributed by atoms with Crippen molar-refractivity contribution in [3.05, 3.63) is 0 Å². The van der Waals surface area contributed by atoms with Crippen LogP contribution in [0.2, 0.25) is 0 Å². The molecule has 0 bridgehead atoms. The molecule has 48 valence electrons. The fraction of sp³-hybridized carbons (Fsp3) is 1.00. The lowest BCUT2D eigenvalue weighted by molar-refractivity contribution is 0.104. The molecule has 1 saturated heterocycles. The van der Waals surface area contributed by atoms with Crippen LogP contribution in [0.15, 0.2) is 0 Å². The molecule has 1 atom stereocenters. The number of rotatable bonds is 4. The number of epoxide rings is 1. The summed E-state index contributed by atoms with van der Waals surface area (Å²) in [6.45, 7) is 1.16. The number of alkyl halides is 1.